The van der Waals surface area contributed by atoms with Crippen molar-refractivity contribution < 1.29 is 9.59 Å². The van der Waals surface area contributed by atoms with E-state index in [1.807, 2.05) is 73.7 Å². The molecule has 7 nitrogen and oxygen atoms in total. The predicted molar refractivity (Wildman–Crippen MR) is 122 cm³/mol. The Kier molecular flexibility index (Phi) is 5.15. The van der Waals surface area contributed by atoms with Crippen LogP contribution in [0.15, 0.2) is 79.4 Å². The van der Waals surface area contributed by atoms with Crippen molar-refractivity contribution in [1.82, 2.24) is 20.1 Å². The summed E-state index contributed by atoms with van der Waals surface area (Å²) < 4.78 is 1.68. The monoisotopic (exact) mass is 425 g/mol. The minimum Gasteiger partial charge on any atom is -0.349 e. The van der Waals surface area contributed by atoms with E-state index in [-0.39, 0.29) is 30.2 Å². The van der Waals surface area contributed by atoms with Crippen LogP contribution in [-0.2, 0) is 9.59 Å². The number of hydrogen-bond donors (Lipinski definition) is 1. The van der Waals surface area contributed by atoms with Crippen LogP contribution in [0.5, 0.6) is 0 Å². The molecular formula is C25H23N5O2. The van der Waals surface area contributed by atoms with E-state index in [0.717, 1.165) is 27.7 Å². The largest absolute Gasteiger partial charge is 0.349 e. The maximum atomic E-state index is 13.0. The van der Waals surface area contributed by atoms with E-state index in [4.69, 9.17) is 0 Å². The number of hydrogen-bond acceptors (Lipinski definition) is 4. The lowest BCUT2D eigenvalue weighted by atomic mass is 10.0. The fraction of sp³-hybridized carbons (Fsp3) is 0.200. The minimum atomic E-state index is -0.377. The van der Waals surface area contributed by atoms with E-state index in [2.05, 4.69) is 15.4 Å². The van der Waals surface area contributed by atoms with Gasteiger partial charge < -0.3 is 10.2 Å². The van der Waals surface area contributed by atoms with Gasteiger partial charge >= 0.3 is 0 Å². The highest BCUT2D eigenvalue weighted by molar-refractivity contribution is 6.07. The Bertz CT molecular complexity index is 1260. The highest BCUT2D eigenvalue weighted by Gasteiger charge is 2.36. The van der Waals surface area contributed by atoms with E-state index in [0.29, 0.717) is 6.54 Å². The predicted octanol–water partition coefficient (Wildman–Crippen LogP) is 3.65. The van der Waals surface area contributed by atoms with Gasteiger partial charge in [-0.25, -0.2) is 9.67 Å². The average Bonchev–Trinajstić information content (AvgIpc) is 3.49. The van der Waals surface area contributed by atoms with Gasteiger partial charge in [-0.05, 0) is 36.1 Å². The molecule has 1 fully saturated rings. The summed E-state index contributed by atoms with van der Waals surface area (Å²) >= 11 is 0. The summed E-state index contributed by atoms with van der Waals surface area (Å²) in [6.07, 6.45) is 3.34. The molecule has 0 saturated carbocycles. The summed E-state index contributed by atoms with van der Waals surface area (Å²) in [5.41, 5.74) is 2.74. The van der Waals surface area contributed by atoms with Gasteiger partial charge in [0.25, 0.3) is 0 Å². The van der Waals surface area contributed by atoms with Crippen molar-refractivity contribution in [3.63, 3.8) is 0 Å². The zero-order valence-corrected chi connectivity index (χ0v) is 17.7. The van der Waals surface area contributed by atoms with Crippen LogP contribution in [0.25, 0.3) is 16.5 Å². The Labute approximate surface area is 185 Å². The van der Waals surface area contributed by atoms with Crippen LogP contribution < -0.4 is 10.2 Å². The van der Waals surface area contributed by atoms with Crippen molar-refractivity contribution >= 4 is 28.3 Å². The van der Waals surface area contributed by atoms with Gasteiger partial charge in [0.05, 0.1) is 23.3 Å². The molecule has 2 heterocycles. The van der Waals surface area contributed by atoms with Crippen LogP contribution in [0.2, 0.25) is 0 Å². The van der Waals surface area contributed by atoms with Crippen LogP contribution in [0, 0.1) is 5.92 Å². The number of nitrogens with one attached hydrogen (secondary N) is 1. The molecule has 1 aliphatic rings. The topological polar surface area (TPSA) is 80.1 Å². The molecule has 0 aliphatic carbocycles. The number of carbonyl (C=O) groups is 2. The molecular weight excluding hydrogens is 402 g/mol. The molecule has 0 radical (unpaired) electrons. The summed E-state index contributed by atoms with van der Waals surface area (Å²) in [5, 5.41) is 9.28. The van der Waals surface area contributed by atoms with Crippen molar-refractivity contribution in [2.75, 3.05) is 11.4 Å². The Balaban J connectivity index is 1.27. The van der Waals surface area contributed by atoms with E-state index in [9.17, 15) is 9.59 Å². The van der Waals surface area contributed by atoms with Gasteiger partial charge in [0.15, 0.2) is 0 Å². The fourth-order valence-electron chi connectivity index (χ4n) is 4.23. The summed E-state index contributed by atoms with van der Waals surface area (Å²) in [7, 11) is 0. The first-order valence-corrected chi connectivity index (χ1v) is 10.6. The van der Waals surface area contributed by atoms with Crippen LogP contribution >= 0.6 is 0 Å². The van der Waals surface area contributed by atoms with Crippen molar-refractivity contribution in [1.29, 1.82) is 0 Å². The van der Waals surface area contributed by atoms with E-state index in [1.165, 1.54) is 6.33 Å². The number of rotatable bonds is 5. The van der Waals surface area contributed by atoms with Gasteiger partial charge in [-0.1, -0.05) is 48.5 Å². The molecule has 2 atom stereocenters. The van der Waals surface area contributed by atoms with Gasteiger partial charge in [-0.2, -0.15) is 5.10 Å². The average molecular weight is 425 g/mol. The number of fused-ring (bicyclic) bond motifs is 1. The van der Waals surface area contributed by atoms with Gasteiger partial charge in [0.1, 0.15) is 12.7 Å². The first kappa shape index (κ1) is 19.9. The molecule has 4 aromatic rings. The third kappa shape index (κ3) is 3.73. The van der Waals surface area contributed by atoms with Gasteiger partial charge in [0, 0.05) is 18.4 Å². The number of amides is 2. The van der Waals surface area contributed by atoms with Crippen molar-refractivity contribution in [3.05, 3.63) is 84.9 Å². The Morgan fingerprint density at radius 3 is 2.62 bits per heavy atom. The van der Waals surface area contributed by atoms with Crippen LogP contribution in [-0.4, -0.2) is 33.1 Å². The molecule has 160 valence electrons. The molecule has 1 aliphatic heterocycles. The Morgan fingerprint density at radius 1 is 1.06 bits per heavy atom. The first-order valence-electron chi connectivity index (χ1n) is 10.6. The lowest BCUT2D eigenvalue weighted by Crippen LogP contribution is -2.34. The van der Waals surface area contributed by atoms with Crippen molar-refractivity contribution in [3.8, 4) is 5.69 Å². The molecule has 7 heteroatoms. The summed E-state index contributed by atoms with van der Waals surface area (Å²) in [6.45, 7) is 2.33. The SMILES string of the molecule is C[C@H](NC(=O)[C@@H]1CC(=O)N(c2cccc3ccccc23)C1)c1ccc(-n2cncn2)cc1. The minimum absolute atomic E-state index is 0.0219. The molecule has 3 aromatic carbocycles. The summed E-state index contributed by atoms with van der Waals surface area (Å²) in [5.74, 6) is -0.501. The number of carbonyl (C=O) groups excluding carboxylic acids is 2. The number of nitrogens with zero attached hydrogens (tertiary/aromatic N) is 4. The van der Waals surface area contributed by atoms with Gasteiger partial charge in [0.2, 0.25) is 11.8 Å². The highest BCUT2D eigenvalue weighted by Crippen LogP contribution is 2.32. The van der Waals surface area contributed by atoms with E-state index < -0.39 is 0 Å². The zero-order valence-electron chi connectivity index (χ0n) is 17.7. The summed E-state index contributed by atoms with van der Waals surface area (Å²) in [6, 6.07) is 21.5. The second kappa shape index (κ2) is 8.26. The molecule has 0 spiro atoms. The third-order valence-electron chi connectivity index (χ3n) is 5.99. The Hall–Kier alpha value is -4.00. The van der Waals surface area contributed by atoms with Crippen LogP contribution in [0.1, 0.15) is 24.9 Å². The van der Waals surface area contributed by atoms with Crippen molar-refractivity contribution in [2.45, 2.75) is 19.4 Å². The van der Waals surface area contributed by atoms with Gasteiger partial charge in [-0.15, -0.1) is 0 Å². The van der Waals surface area contributed by atoms with Gasteiger partial charge in [-0.3, -0.25) is 9.59 Å². The van der Waals surface area contributed by atoms with E-state index >= 15 is 0 Å². The molecule has 1 aromatic heterocycles. The molecule has 5 rings (SSSR count). The number of aromatic nitrogens is 3. The second-order valence-corrected chi connectivity index (χ2v) is 8.07. The fourth-order valence-corrected chi connectivity index (χ4v) is 4.23. The lowest BCUT2D eigenvalue weighted by molar-refractivity contribution is -0.126. The molecule has 0 bridgehead atoms. The molecule has 1 saturated heterocycles. The molecule has 1 N–H and O–H groups in total. The van der Waals surface area contributed by atoms with E-state index in [1.54, 1.807) is 15.9 Å². The molecule has 32 heavy (non-hydrogen) atoms. The van der Waals surface area contributed by atoms with Crippen molar-refractivity contribution in [2.24, 2.45) is 5.92 Å². The smallest absolute Gasteiger partial charge is 0.227 e. The first-order chi connectivity index (χ1) is 15.6. The lowest BCUT2D eigenvalue weighted by Gasteiger charge is -2.20. The molecule has 0 unspecified atom stereocenters. The third-order valence-corrected chi connectivity index (χ3v) is 5.99. The zero-order chi connectivity index (χ0) is 22.1. The second-order valence-electron chi connectivity index (χ2n) is 8.07. The quantitative estimate of drug-likeness (QED) is 0.529. The number of benzene rings is 3. The normalized spacial score (nSPS) is 17.0. The van der Waals surface area contributed by atoms with Crippen LogP contribution in [0.3, 0.4) is 0 Å². The maximum Gasteiger partial charge on any atom is 0.227 e. The summed E-state index contributed by atoms with van der Waals surface area (Å²) in [4.78, 5) is 31.4. The number of anilines is 1. The standard InChI is InChI=1S/C25H23N5O2/c1-17(18-9-11-21(12-10-18)30-16-26-15-27-30)28-25(32)20-13-24(31)29(14-20)23-8-4-6-19-5-2-3-7-22(19)23/h2-12,15-17,20H,13-14H2,1H3,(H,28,32)/t17-,20+/m0/s1. The maximum absolute atomic E-state index is 13.0. The highest BCUT2D eigenvalue weighted by atomic mass is 16.2. The molecule has 2 amide bonds. The van der Waals surface area contributed by atoms with Crippen LogP contribution in [0.4, 0.5) is 5.69 Å². The Morgan fingerprint density at radius 2 is 1.84 bits per heavy atom.